The molecule has 0 aromatic rings. The summed E-state index contributed by atoms with van der Waals surface area (Å²) in [6, 6.07) is 0. The molecule has 12 N–H and O–H groups in total. The van der Waals surface area contributed by atoms with Gasteiger partial charge in [-0.05, 0) is 0 Å². The first-order valence-corrected chi connectivity index (χ1v) is 2.28. The molecule has 0 rings (SSSR count). The molecule has 0 radical (unpaired) electrons. The number of rotatable bonds is 3. The van der Waals surface area contributed by atoms with Crippen LogP contribution in [0, 0.1) is 0 Å². The smallest absolute Gasteiger partial charge is 1.00 e. The topological polar surface area (TPSA) is 241 Å². The zero-order valence-electron chi connectivity index (χ0n) is 11.8. The summed E-state index contributed by atoms with van der Waals surface area (Å²) in [5.41, 5.74) is 0. The normalized spacial score (nSPS) is 9.88. The van der Waals surface area contributed by atoms with Crippen LogP contribution >= 0.6 is 0 Å². The van der Waals surface area contributed by atoms with Gasteiger partial charge in [0.25, 0.3) is 0 Å². The van der Waals surface area contributed by atoms with E-state index in [0.29, 0.717) is 0 Å². The summed E-state index contributed by atoms with van der Waals surface area (Å²) >= 11 is 0. The summed E-state index contributed by atoms with van der Waals surface area (Å²) in [6.07, 6.45) is -4.53. The van der Waals surface area contributed by atoms with E-state index in [-0.39, 0.29) is 107 Å². The van der Waals surface area contributed by atoms with Crippen LogP contribution in [-0.4, -0.2) is 66.5 Å². The van der Waals surface area contributed by atoms with E-state index in [4.69, 9.17) is 20.4 Å². The average Bonchev–Trinajstić information content (AvgIpc) is 1.84. The Balaban J connectivity index is -0.0000000112. The molecule has 0 aromatic carbocycles. The zero-order chi connectivity index (χ0) is 8.31. The van der Waals surface area contributed by atoms with Crippen LogP contribution in [0.2, 0.25) is 0 Å². The summed E-state index contributed by atoms with van der Waals surface area (Å²) < 4.78 is 0. The van der Waals surface area contributed by atoms with E-state index < -0.39 is 24.1 Å². The summed E-state index contributed by atoms with van der Waals surface area (Å²) in [7, 11) is 0. The van der Waals surface area contributed by atoms with Crippen molar-refractivity contribution < 1.29 is 137 Å². The van der Waals surface area contributed by atoms with Crippen molar-refractivity contribution in [2.45, 2.75) is 12.2 Å². The first kappa shape index (κ1) is 43.3. The van der Waals surface area contributed by atoms with Gasteiger partial charge in [-0.25, -0.2) is 9.59 Å². The summed E-state index contributed by atoms with van der Waals surface area (Å²) in [4.78, 5) is 19.5. The first-order chi connectivity index (χ1) is 4.46. The van der Waals surface area contributed by atoms with Crippen LogP contribution in [-0.2, 0) is 9.59 Å². The molecule has 10 nitrogen and oxygen atoms in total. The number of hydrogen-bond acceptors (Lipinski definition) is 4. The Kier molecular flexibility index (Phi) is 58.5. The molecule has 0 spiro atoms. The van der Waals surface area contributed by atoms with E-state index in [9.17, 15) is 9.59 Å². The number of aliphatic hydroxyl groups is 2. The minimum Gasteiger partial charge on any atom is -1.00 e. The molecule has 16 heavy (non-hydrogen) atoms. The van der Waals surface area contributed by atoms with E-state index in [2.05, 4.69) is 0 Å². The van der Waals surface area contributed by atoms with Crippen LogP contribution in [0.15, 0.2) is 0 Å². The molecule has 0 heterocycles. The quantitative estimate of drug-likeness (QED) is 0.366. The van der Waals surface area contributed by atoms with E-state index in [1.165, 1.54) is 0 Å². The zero-order valence-corrected chi connectivity index (χ0v) is 13.9. The molecule has 0 aliphatic carbocycles. The number of carboxylic acids is 2. The Morgan fingerprint density at radius 1 is 0.875 bits per heavy atom. The van der Waals surface area contributed by atoms with Gasteiger partial charge in [-0.2, -0.15) is 0 Å². The molecule has 2 unspecified atom stereocenters. The Labute approximate surface area is 159 Å². The van der Waals surface area contributed by atoms with E-state index in [1.807, 2.05) is 0 Å². The second-order valence-electron chi connectivity index (χ2n) is 1.57. The summed E-state index contributed by atoms with van der Waals surface area (Å²) in [6.45, 7) is 0. The fourth-order valence-electron chi connectivity index (χ4n) is 0.270. The fourth-order valence-corrected chi connectivity index (χ4v) is 0.270. The van der Waals surface area contributed by atoms with Gasteiger partial charge in [0.05, 0.1) is 0 Å². The van der Waals surface area contributed by atoms with Gasteiger partial charge in [-0.1, -0.05) is 0 Å². The van der Waals surface area contributed by atoms with Gasteiger partial charge in [0.1, 0.15) is 0 Å². The molecule has 0 aliphatic rings. The van der Waals surface area contributed by atoms with Crippen molar-refractivity contribution in [1.29, 1.82) is 0 Å². The second-order valence-corrected chi connectivity index (χ2v) is 1.57. The molecule has 12 heteroatoms. The van der Waals surface area contributed by atoms with Crippen molar-refractivity contribution in [3.05, 3.63) is 0 Å². The van der Waals surface area contributed by atoms with Crippen molar-refractivity contribution in [2.75, 3.05) is 0 Å². The van der Waals surface area contributed by atoms with Crippen LogP contribution in [0.4, 0.5) is 0 Å². The Morgan fingerprint density at radius 2 is 1.00 bits per heavy atom. The largest absolute Gasteiger partial charge is 1.00 e. The molecular formula is C4H17KNaO10+. The Hall–Kier alpha value is 1.34. The second kappa shape index (κ2) is 21.6. The molecule has 0 aromatic heterocycles. The van der Waals surface area contributed by atoms with Gasteiger partial charge in [0.15, 0.2) is 12.2 Å². The van der Waals surface area contributed by atoms with Crippen LogP contribution in [0.5, 0.6) is 0 Å². The molecule has 94 valence electrons. The average molecular weight is 287 g/mol. The third kappa shape index (κ3) is 17.7. The van der Waals surface area contributed by atoms with E-state index in [1.54, 1.807) is 0 Å². The third-order valence-electron chi connectivity index (χ3n) is 0.805. The predicted octanol–water partition coefficient (Wildman–Crippen LogP) is -11.1. The number of hydrogen-bond donors (Lipinski definition) is 4. The maximum absolute atomic E-state index is 9.77. The maximum Gasteiger partial charge on any atom is 1.00 e. The monoisotopic (exact) mass is 287 g/mol. The molecular weight excluding hydrogens is 270 g/mol. The molecule has 0 saturated heterocycles. The number of carbonyl (C=O) groups is 2. The summed E-state index contributed by atoms with van der Waals surface area (Å²) in [5.74, 6) is -3.54. The SMILES string of the molecule is O.O.O.O.O=C(O)C(O)C(O)C(=O)O.[H+].[H-].[H-].[K+].[Na+]. The van der Waals surface area contributed by atoms with Gasteiger partial charge in [-0.3, -0.25) is 0 Å². The Bertz CT molecular complexity index is 159. The van der Waals surface area contributed by atoms with Crippen molar-refractivity contribution in [3.8, 4) is 0 Å². The van der Waals surface area contributed by atoms with Gasteiger partial charge in [-0.15, -0.1) is 0 Å². The van der Waals surface area contributed by atoms with Crippen LogP contribution < -0.4 is 80.9 Å². The number of carboxylic acid groups (broad SMARTS) is 2. The Morgan fingerprint density at radius 3 is 1.06 bits per heavy atom. The standard InChI is InChI=1S/C4H6O6.K.Na.4H2O.2H/c5-1(3(7)8)2(6)4(9)10;;;;;;;;/h1-2,5-6H,(H,7,8)(H,9,10);;;4*1H2;;/q;2*+1;;;;;2*-1/p+1. The van der Waals surface area contributed by atoms with Crippen molar-refractivity contribution in [2.24, 2.45) is 0 Å². The minimum atomic E-state index is -2.27. The predicted molar refractivity (Wildman–Crippen MR) is 45.1 cm³/mol. The number of aliphatic hydroxyl groups excluding tert-OH is 2. The third-order valence-corrected chi connectivity index (χ3v) is 0.805. The maximum atomic E-state index is 9.77. The summed E-state index contributed by atoms with van der Waals surface area (Å²) in [5, 5.41) is 32.5. The molecule has 0 aliphatic heterocycles. The van der Waals surface area contributed by atoms with Crippen molar-refractivity contribution in [3.63, 3.8) is 0 Å². The molecule has 0 saturated carbocycles. The molecule has 0 fully saturated rings. The molecule has 2 atom stereocenters. The van der Waals surface area contributed by atoms with Crippen molar-refractivity contribution >= 4 is 11.9 Å². The van der Waals surface area contributed by atoms with Crippen molar-refractivity contribution in [1.82, 2.24) is 0 Å². The van der Waals surface area contributed by atoms with E-state index >= 15 is 0 Å². The van der Waals surface area contributed by atoms with Crippen LogP contribution in [0.3, 0.4) is 0 Å². The molecule has 0 amide bonds. The van der Waals surface area contributed by atoms with Gasteiger partial charge in [0, 0.05) is 0 Å². The first-order valence-electron chi connectivity index (χ1n) is 2.28. The minimum absolute atomic E-state index is 0. The molecule has 0 bridgehead atoms. The van der Waals surface area contributed by atoms with Gasteiger partial charge < -0.3 is 45.2 Å². The van der Waals surface area contributed by atoms with Gasteiger partial charge in [0.2, 0.25) is 0 Å². The number of aliphatic carboxylic acids is 2. The van der Waals surface area contributed by atoms with Gasteiger partial charge >= 0.3 is 94.3 Å². The fraction of sp³-hybridized carbons (Fsp3) is 0.500. The van der Waals surface area contributed by atoms with Crippen LogP contribution in [0.25, 0.3) is 0 Å². The van der Waals surface area contributed by atoms with E-state index in [0.717, 1.165) is 0 Å². The van der Waals surface area contributed by atoms with Crippen LogP contribution in [0.1, 0.15) is 4.28 Å².